The van der Waals surface area contributed by atoms with Crippen molar-refractivity contribution in [3.63, 3.8) is 0 Å². The Balaban J connectivity index is 1.64. The van der Waals surface area contributed by atoms with E-state index in [2.05, 4.69) is 13.8 Å². The number of aliphatic hydroxyl groups is 1. The van der Waals surface area contributed by atoms with E-state index in [1.807, 2.05) is 68.4 Å². The van der Waals surface area contributed by atoms with Gasteiger partial charge in [-0.05, 0) is 62.1 Å². The fraction of sp³-hybridized carbons (Fsp3) is 0.281. The van der Waals surface area contributed by atoms with Crippen LogP contribution in [-0.4, -0.2) is 35.0 Å². The minimum Gasteiger partial charge on any atom is -0.507 e. The number of nitrogens with zero attached hydrogens (tertiary/aromatic N) is 2. The van der Waals surface area contributed by atoms with Crippen LogP contribution in [0.25, 0.3) is 16.0 Å². The molecule has 0 radical (unpaired) electrons. The lowest BCUT2D eigenvalue weighted by atomic mass is 9.95. The summed E-state index contributed by atoms with van der Waals surface area (Å²) in [5.74, 6) is 0.0974. The molecule has 0 bridgehead atoms. The number of ketones is 1. The van der Waals surface area contributed by atoms with Crippen LogP contribution < -0.4 is 14.4 Å². The van der Waals surface area contributed by atoms with Crippen molar-refractivity contribution in [1.29, 1.82) is 0 Å². The molecule has 1 saturated heterocycles. The van der Waals surface area contributed by atoms with Crippen LogP contribution in [0, 0.1) is 12.8 Å². The van der Waals surface area contributed by atoms with Crippen molar-refractivity contribution in [2.45, 2.75) is 40.2 Å². The molecule has 0 spiro atoms. The maximum atomic E-state index is 13.6. The highest BCUT2D eigenvalue weighted by Gasteiger charge is 2.48. The molecule has 40 heavy (non-hydrogen) atoms. The third kappa shape index (κ3) is 5.45. The Bertz CT molecular complexity index is 1590. The van der Waals surface area contributed by atoms with E-state index < -0.39 is 17.7 Å². The molecule has 1 atom stereocenters. The van der Waals surface area contributed by atoms with E-state index in [0.29, 0.717) is 52.4 Å². The molecule has 1 aromatic heterocycles. The molecule has 4 aromatic rings. The summed E-state index contributed by atoms with van der Waals surface area (Å²) in [4.78, 5) is 33.3. The molecule has 0 aliphatic carbocycles. The normalized spacial score (nSPS) is 16.7. The molecule has 3 aromatic carbocycles. The number of Topliss-reactive ketones (excluding diaryl/α,β-unsaturated/α-hetero) is 1. The van der Waals surface area contributed by atoms with Crippen LogP contribution in [0.4, 0.5) is 5.13 Å². The van der Waals surface area contributed by atoms with E-state index in [4.69, 9.17) is 14.5 Å². The minimum atomic E-state index is -0.887. The summed E-state index contributed by atoms with van der Waals surface area (Å²) in [5.41, 5.74) is 2.82. The van der Waals surface area contributed by atoms with Gasteiger partial charge < -0.3 is 14.6 Å². The zero-order valence-corrected chi connectivity index (χ0v) is 23.8. The molecule has 206 valence electrons. The molecule has 0 saturated carbocycles. The first-order valence-electron chi connectivity index (χ1n) is 13.4. The fourth-order valence-electron chi connectivity index (χ4n) is 4.65. The number of ether oxygens (including phenoxy) is 2. The summed E-state index contributed by atoms with van der Waals surface area (Å²) < 4.78 is 12.5. The van der Waals surface area contributed by atoms with Gasteiger partial charge in [-0.1, -0.05) is 67.1 Å². The fourth-order valence-corrected chi connectivity index (χ4v) is 5.67. The molecule has 7 nitrogen and oxygen atoms in total. The Hall–Kier alpha value is -4.17. The van der Waals surface area contributed by atoms with Gasteiger partial charge in [0.2, 0.25) is 0 Å². The molecule has 1 aliphatic heterocycles. The van der Waals surface area contributed by atoms with Crippen LogP contribution in [0.2, 0.25) is 0 Å². The number of thiazole rings is 1. The van der Waals surface area contributed by atoms with Gasteiger partial charge in [0.1, 0.15) is 17.3 Å². The average Bonchev–Trinajstić information content (AvgIpc) is 3.46. The Morgan fingerprint density at radius 3 is 2.50 bits per heavy atom. The second-order valence-corrected chi connectivity index (χ2v) is 11.2. The topological polar surface area (TPSA) is 89.0 Å². The predicted octanol–water partition coefficient (Wildman–Crippen LogP) is 7.05. The summed E-state index contributed by atoms with van der Waals surface area (Å²) in [6.07, 6.45) is 0.894. The molecule has 1 aliphatic rings. The lowest BCUT2D eigenvalue weighted by Crippen LogP contribution is -2.29. The van der Waals surface area contributed by atoms with Gasteiger partial charge in [-0.25, -0.2) is 4.98 Å². The van der Waals surface area contributed by atoms with Crippen molar-refractivity contribution in [3.05, 3.63) is 89.0 Å². The highest BCUT2D eigenvalue weighted by Crippen LogP contribution is 2.45. The van der Waals surface area contributed by atoms with Crippen molar-refractivity contribution in [3.8, 4) is 11.5 Å². The zero-order chi connectivity index (χ0) is 28.4. The van der Waals surface area contributed by atoms with Gasteiger partial charge in [-0.15, -0.1) is 0 Å². The Labute approximate surface area is 237 Å². The summed E-state index contributed by atoms with van der Waals surface area (Å²) in [6, 6.07) is 19.2. The Kier molecular flexibility index (Phi) is 7.89. The van der Waals surface area contributed by atoms with E-state index in [1.165, 1.54) is 16.2 Å². The number of aromatic nitrogens is 1. The number of hydrogen-bond acceptors (Lipinski definition) is 7. The van der Waals surface area contributed by atoms with E-state index in [-0.39, 0.29) is 11.3 Å². The summed E-state index contributed by atoms with van der Waals surface area (Å²) in [6.45, 7) is 9.19. The number of carbonyl (C=O) groups is 2. The number of aryl methyl sites for hydroxylation is 1. The first-order valence-corrected chi connectivity index (χ1v) is 14.2. The third-order valence-corrected chi connectivity index (χ3v) is 7.79. The number of aliphatic hydroxyl groups excluding tert-OH is 1. The monoisotopic (exact) mass is 556 g/mol. The Morgan fingerprint density at radius 2 is 1.77 bits per heavy atom. The second-order valence-electron chi connectivity index (χ2n) is 10.2. The zero-order valence-electron chi connectivity index (χ0n) is 23.0. The van der Waals surface area contributed by atoms with Gasteiger partial charge in [-0.3, -0.25) is 14.5 Å². The SMILES string of the molecule is CCOc1ccc2nc(N3C(=O)C(=O)/C(=C(/O)c4ccc(C)cc4)C3c3cccc(OCCC(C)C)c3)sc2c1. The van der Waals surface area contributed by atoms with E-state index in [9.17, 15) is 14.7 Å². The van der Waals surface area contributed by atoms with Crippen LogP contribution >= 0.6 is 11.3 Å². The van der Waals surface area contributed by atoms with Crippen LogP contribution in [0.3, 0.4) is 0 Å². The largest absolute Gasteiger partial charge is 0.507 e. The molecule has 1 N–H and O–H groups in total. The highest BCUT2D eigenvalue weighted by molar-refractivity contribution is 7.22. The number of benzene rings is 3. The number of fused-ring (bicyclic) bond motifs is 1. The smallest absolute Gasteiger partial charge is 0.301 e. The minimum absolute atomic E-state index is 0.0162. The number of amides is 1. The summed E-state index contributed by atoms with van der Waals surface area (Å²) in [5, 5.41) is 11.8. The van der Waals surface area contributed by atoms with Gasteiger partial charge in [-0.2, -0.15) is 0 Å². The lowest BCUT2D eigenvalue weighted by molar-refractivity contribution is -0.132. The van der Waals surface area contributed by atoms with Crippen LogP contribution in [-0.2, 0) is 9.59 Å². The number of anilines is 1. The van der Waals surface area contributed by atoms with Crippen molar-refractivity contribution in [2.75, 3.05) is 18.1 Å². The van der Waals surface area contributed by atoms with Crippen molar-refractivity contribution < 1.29 is 24.2 Å². The van der Waals surface area contributed by atoms with Gasteiger partial charge in [0.05, 0.1) is 35.0 Å². The lowest BCUT2D eigenvalue weighted by Gasteiger charge is -2.23. The van der Waals surface area contributed by atoms with E-state index >= 15 is 0 Å². The van der Waals surface area contributed by atoms with E-state index in [1.54, 1.807) is 12.1 Å². The highest BCUT2D eigenvalue weighted by atomic mass is 32.1. The van der Waals surface area contributed by atoms with Crippen molar-refractivity contribution >= 4 is 44.1 Å². The number of carbonyl (C=O) groups excluding carboxylic acids is 2. The first kappa shape index (κ1) is 27.4. The second kappa shape index (κ2) is 11.5. The Morgan fingerprint density at radius 1 is 1.02 bits per heavy atom. The van der Waals surface area contributed by atoms with Crippen LogP contribution in [0.15, 0.2) is 72.3 Å². The summed E-state index contributed by atoms with van der Waals surface area (Å²) in [7, 11) is 0. The molecule has 1 fully saturated rings. The molecule has 2 heterocycles. The predicted molar refractivity (Wildman–Crippen MR) is 158 cm³/mol. The maximum Gasteiger partial charge on any atom is 0.301 e. The first-order chi connectivity index (χ1) is 19.3. The van der Waals surface area contributed by atoms with Gasteiger partial charge in [0.25, 0.3) is 5.78 Å². The third-order valence-electron chi connectivity index (χ3n) is 6.77. The molecular formula is C32H32N2O5S. The maximum absolute atomic E-state index is 13.6. The molecule has 1 amide bonds. The number of hydrogen-bond donors (Lipinski definition) is 1. The average molecular weight is 557 g/mol. The van der Waals surface area contributed by atoms with Gasteiger partial charge >= 0.3 is 5.91 Å². The van der Waals surface area contributed by atoms with Gasteiger partial charge in [0.15, 0.2) is 5.13 Å². The summed E-state index contributed by atoms with van der Waals surface area (Å²) >= 11 is 1.30. The van der Waals surface area contributed by atoms with Crippen molar-refractivity contribution in [1.82, 2.24) is 4.98 Å². The quantitative estimate of drug-likeness (QED) is 0.135. The molecule has 5 rings (SSSR count). The van der Waals surface area contributed by atoms with Crippen LogP contribution in [0.5, 0.6) is 11.5 Å². The molecule has 8 heteroatoms. The number of rotatable bonds is 9. The van der Waals surface area contributed by atoms with E-state index in [0.717, 1.165) is 16.7 Å². The van der Waals surface area contributed by atoms with Crippen LogP contribution in [0.1, 0.15) is 49.9 Å². The molecular weight excluding hydrogens is 524 g/mol. The molecule has 1 unspecified atom stereocenters. The van der Waals surface area contributed by atoms with Gasteiger partial charge in [0, 0.05) is 5.56 Å². The van der Waals surface area contributed by atoms with Crippen molar-refractivity contribution in [2.24, 2.45) is 5.92 Å². The standard InChI is InChI=1S/C32H32N2O5S/c1-5-38-24-13-14-25-26(18-24)40-32(33-25)34-28(22-7-6-8-23(17-22)39-16-15-19(2)3)27(30(36)31(34)37)29(35)21-11-9-20(4)10-12-21/h6-14,17-19,28,35H,5,15-16H2,1-4H3/b29-27+.